The summed E-state index contributed by atoms with van der Waals surface area (Å²) in [7, 11) is 1.57. The number of nitrogens with zero attached hydrogens (tertiary/aromatic N) is 1. The molecule has 0 saturated carbocycles. The third kappa shape index (κ3) is 5.97. The topological polar surface area (TPSA) is 69.2 Å². The Hall–Kier alpha value is -2.57. The first-order chi connectivity index (χ1) is 13.6. The molecule has 1 saturated heterocycles. The number of carbonyl (C=O) groups excluding carboxylic acids is 1. The highest BCUT2D eigenvalue weighted by atomic mass is 35.5. The van der Waals surface area contributed by atoms with Crippen LogP contribution in [0, 0.1) is 0 Å². The van der Waals surface area contributed by atoms with Crippen molar-refractivity contribution in [1.82, 2.24) is 5.32 Å². The van der Waals surface area contributed by atoms with Gasteiger partial charge < -0.3 is 19.5 Å². The Labute approximate surface area is 169 Å². The lowest BCUT2D eigenvalue weighted by molar-refractivity contribution is -0.123. The molecule has 1 N–H and O–H groups in total. The zero-order chi connectivity index (χ0) is 19.8. The van der Waals surface area contributed by atoms with Crippen LogP contribution in [0.25, 0.3) is 0 Å². The number of carbonyl (C=O) groups is 1. The van der Waals surface area contributed by atoms with Crippen LogP contribution in [0.15, 0.2) is 47.5 Å². The predicted octanol–water partition coefficient (Wildman–Crippen LogP) is 3.77. The van der Waals surface area contributed by atoms with Gasteiger partial charge in [-0.3, -0.25) is 9.79 Å². The van der Waals surface area contributed by atoms with Crippen molar-refractivity contribution in [2.24, 2.45) is 4.99 Å². The van der Waals surface area contributed by atoms with E-state index in [1.54, 1.807) is 37.6 Å². The summed E-state index contributed by atoms with van der Waals surface area (Å²) in [4.78, 5) is 16.2. The molecule has 0 spiro atoms. The number of nitrogens with one attached hydrogen (secondary N) is 1. The van der Waals surface area contributed by atoms with Gasteiger partial charge >= 0.3 is 0 Å². The summed E-state index contributed by atoms with van der Waals surface area (Å²) >= 11 is 6.10. The van der Waals surface area contributed by atoms with Crippen molar-refractivity contribution >= 4 is 29.4 Å². The van der Waals surface area contributed by atoms with E-state index in [-0.39, 0.29) is 18.6 Å². The maximum absolute atomic E-state index is 11.8. The van der Waals surface area contributed by atoms with Crippen LogP contribution < -0.4 is 14.8 Å². The van der Waals surface area contributed by atoms with E-state index in [1.165, 1.54) is 0 Å². The summed E-state index contributed by atoms with van der Waals surface area (Å²) in [5.74, 6) is 1.08. The van der Waals surface area contributed by atoms with Crippen LogP contribution in [0.3, 0.4) is 0 Å². The number of hydrogen-bond donors (Lipinski definition) is 1. The number of benzene rings is 2. The second-order valence-electron chi connectivity index (χ2n) is 6.37. The smallest absolute Gasteiger partial charge is 0.258 e. The van der Waals surface area contributed by atoms with Crippen molar-refractivity contribution in [3.05, 3.63) is 53.1 Å². The Morgan fingerprint density at radius 3 is 2.82 bits per heavy atom. The third-order valence-electron chi connectivity index (χ3n) is 4.30. The zero-order valence-electron chi connectivity index (χ0n) is 15.7. The second-order valence-corrected chi connectivity index (χ2v) is 6.78. The van der Waals surface area contributed by atoms with Gasteiger partial charge in [0.05, 0.1) is 23.9 Å². The molecular weight excluding hydrogens is 380 g/mol. The maximum Gasteiger partial charge on any atom is 0.258 e. The van der Waals surface area contributed by atoms with Gasteiger partial charge in [0.25, 0.3) is 5.91 Å². The Bertz CT molecular complexity index is 818. The van der Waals surface area contributed by atoms with Crippen LogP contribution in [0.1, 0.15) is 18.4 Å². The van der Waals surface area contributed by atoms with E-state index >= 15 is 0 Å². The summed E-state index contributed by atoms with van der Waals surface area (Å²) in [5, 5.41) is 3.34. The van der Waals surface area contributed by atoms with Gasteiger partial charge in [0.2, 0.25) is 0 Å². The minimum Gasteiger partial charge on any atom is -0.495 e. The Morgan fingerprint density at radius 2 is 2.14 bits per heavy atom. The van der Waals surface area contributed by atoms with Crippen LogP contribution in [-0.2, 0) is 9.53 Å². The molecule has 7 heteroatoms. The molecule has 1 fully saturated rings. The molecule has 1 aliphatic rings. The average Bonchev–Trinajstić information content (AvgIpc) is 3.24. The number of halogens is 1. The number of amides is 1. The van der Waals surface area contributed by atoms with Gasteiger partial charge in [0.15, 0.2) is 6.61 Å². The first kappa shape index (κ1) is 20.2. The molecule has 1 atom stereocenters. The normalized spacial score (nSPS) is 16.3. The molecule has 3 rings (SSSR count). The Kier molecular flexibility index (Phi) is 7.28. The molecule has 6 nitrogen and oxygen atoms in total. The molecule has 1 aliphatic heterocycles. The lowest BCUT2D eigenvalue weighted by Crippen LogP contribution is -2.35. The van der Waals surface area contributed by atoms with Crippen molar-refractivity contribution in [2.75, 3.05) is 26.9 Å². The average molecular weight is 403 g/mol. The quantitative estimate of drug-likeness (QED) is 0.682. The van der Waals surface area contributed by atoms with Crippen LogP contribution in [0.2, 0.25) is 5.02 Å². The molecule has 148 valence electrons. The molecule has 0 aromatic heterocycles. The van der Waals surface area contributed by atoms with Crippen LogP contribution in [0.4, 0.5) is 5.69 Å². The fourth-order valence-electron chi connectivity index (χ4n) is 2.77. The molecule has 0 unspecified atom stereocenters. The van der Waals surface area contributed by atoms with Crippen molar-refractivity contribution in [3.8, 4) is 11.5 Å². The summed E-state index contributed by atoms with van der Waals surface area (Å²) in [5.41, 5.74) is 1.64. The van der Waals surface area contributed by atoms with E-state index in [0.717, 1.165) is 30.7 Å². The highest BCUT2D eigenvalue weighted by molar-refractivity contribution is 6.32. The first-order valence-corrected chi connectivity index (χ1v) is 9.50. The minimum atomic E-state index is -0.155. The lowest BCUT2D eigenvalue weighted by atomic mass is 10.2. The van der Waals surface area contributed by atoms with Crippen molar-refractivity contribution in [3.63, 3.8) is 0 Å². The van der Waals surface area contributed by atoms with E-state index in [1.807, 2.05) is 18.2 Å². The summed E-state index contributed by atoms with van der Waals surface area (Å²) < 4.78 is 16.1. The number of methoxy groups -OCH3 is 1. The number of hydrogen-bond acceptors (Lipinski definition) is 5. The van der Waals surface area contributed by atoms with E-state index < -0.39 is 0 Å². The number of rotatable bonds is 8. The van der Waals surface area contributed by atoms with Gasteiger partial charge in [-0.05, 0) is 60.9 Å². The van der Waals surface area contributed by atoms with Gasteiger partial charge in [-0.25, -0.2) is 0 Å². The molecular formula is C21H23ClN2O4. The van der Waals surface area contributed by atoms with E-state index in [2.05, 4.69) is 10.3 Å². The highest BCUT2D eigenvalue weighted by Crippen LogP contribution is 2.28. The highest BCUT2D eigenvalue weighted by Gasteiger charge is 2.16. The first-order valence-electron chi connectivity index (χ1n) is 9.13. The monoisotopic (exact) mass is 402 g/mol. The number of aliphatic imine (C=N–C) groups is 1. The summed E-state index contributed by atoms with van der Waals surface area (Å²) in [6.07, 6.45) is 3.91. The van der Waals surface area contributed by atoms with Crippen molar-refractivity contribution in [2.45, 2.75) is 18.9 Å². The van der Waals surface area contributed by atoms with Crippen LogP contribution in [-0.4, -0.2) is 45.1 Å². The van der Waals surface area contributed by atoms with Gasteiger partial charge in [-0.15, -0.1) is 0 Å². The van der Waals surface area contributed by atoms with E-state index in [4.69, 9.17) is 25.8 Å². The fraction of sp³-hybridized carbons (Fsp3) is 0.333. The van der Waals surface area contributed by atoms with E-state index in [0.29, 0.717) is 23.1 Å². The number of ether oxygens (including phenoxy) is 3. The maximum atomic E-state index is 11.8. The van der Waals surface area contributed by atoms with Gasteiger partial charge in [0, 0.05) is 19.4 Å². The standard InChI is InChI=1S/C21H23ClN2O4/c1-26-20-9-6-16(11-19(20)22)23-12-15-4-7-17(8-5-15)28-14-21(25)24-13-18-3-2-10-27-18/h4-9,11-12,18H,2-3,10,13-14H2,1H3,(H,24,25)/t18-/m1/s1. The predicted molar refractivity (Wildman–Crippen MR) is 109 cm³/mol. The van der Waals surface area contributed by atoms with Crippen molar-refractivity contribution in [1.29, 1.82) is 0 Å². The SMILES string of the molecule is COc1ccc(N=Cc2ccc(OCC(=O)NC[C@H]3CCCO3)cc2)cc1Cl. The van der Waals surface area contributed by atoms with Gasteiger partial charge in [-0.1, -0.05) is 11.6 Å². The Balaban J connectivity index is 1.46. The lowest BCUT2D eigenvalue weighted by Gasteiger charge is -2.11. The molecule has 1 heterocycles. The molecule has 2 aromatic carbocycles. The summed E-state index contributed by atoms with van der Waals surface area (Å²) in [6.45, 7) is 1.29. The van der Waals surface area contributed by atoms with Crippen LogP contribution >= 0.6 is 11.6 Å². The van der Waals surface area contributed by atoms with Gasteiger partial charge in [0.1, 0.15) is 11.5 Å². The largest absolute Gasteiger partial charge is 0.495 e. The second kappa shape index (κ2) is 10.1. The molecule has 0 radical (unpaired) electrons. The van der Waals surface area contributed by atoms with E-state index in [9.17, 15) is 4.79 Å². The molecule has 0 bridgehead atoms. The molecule has 0 aliphatic carbocycles. The molecule has 28 heavy (non-hydrogen) atoms. The van der Waals surface area contributed by atoms with Crippen LogP contribution in [0.5, 0.6) is 11.5 Å². The Morgan fingerprint density at radius 1 is 1.32 bits per heavy atom. The minimum absolute atomic E-state index is 0.0233. The fourth-order valence-corrected chi connectivity index (χ4v) is 3.02. The third-order valence-corrected chi connectivity index (χ3v) is 4.59. The van der Waals surface area contributed by atoms with Crippen molar-refractivity contribution < 1.29 is 19.0 Å². The van der Waals surface area contributed by atoms with Gasteiger partial charge in [-0.2, -0.15) is 0 Å². The summed E-state index contributed by atoms with van der Waals surface area (Å²) in [6, 6.07) is 12.7. The molecule has 1 amide bonds. The molecule has 2 aromatic rings. The zero-order valence-corrected chi connectivity index (χ0v) is 16.4.